The Morgan fingerprint density at radius 1 is 1.17 bits per heavy atom. The average Bonchev–Trinajstić information content (AvgIpc) is 2.28. The molecule has 6 heteroatoms. The van der Waals surface area contributed by atoms with Gasteiger partial charge in [0, 0.05) is 6.54 Å². The van der Waals surface area contributed by atoms with Crippen LogP contribution in [0, 0.1) is 0 Å². The van der Waals surface area contributed by atoms with Gasteiger partial charge in [0.1, 0.15) is 10.8 Å². The Balaban J connectivity index is 2.14. The Kier molecular flexibility index (Phi) is 4.12. The maximum absolute atomic E-state index is 12.6. The summed E-state index contributed by atoms with van der Waals surface area (Å²) in [7, 11) is 0. The van der Waals surface area contributed by atoms with Gasteiger partial charge in [-0.15, -0.1) is 0 Å². The van der Waals surface area contributed by atoms with Crippen LogP contribution in [0.5, 0.6) is 0 Å². The predicted octanol–water partition coefficient (Wildman–Crippen LogP) is 3.74. The van der Waals surface area contributed by atoms with Crippen LogP contribution < -0.4 is 0 Å². The largest absolute Gasteiger partial charge is 0.433 e. The van der Waals surface area contributed by atoms with Crippen LogP contribution in [0.3, 0.4) is 0 Å². The fourth-order valence-corrected chi connectivity index (χ4v) is 2.39. The van der Waals surface area contributed by atoms with E-state index in [9.17, 15) is 13.2 Å². The molecule has 0 atom stereocenters. The van der Waals surface area contributed by atoms with Crippen molar-refractivity contribution in [1.82, 2.24) is 9.88 Å². The van der Waals surface area contributed by atoms with Crippen molar-refractivity contribution in [1.29, 1.82) is 0 Å². The van der Waals surface area contributed by atoms with E-state index in [2.05, 4.69) is 9.88 Å². The maximum atomic E-state index is 12.6. The van der Waals surface area contributed by atoms with Gasteiger partial charge in [-0.1, -0.05) is 18.0 Å². The average molecular weight is 279 g/mol. The fraction of sp³-hybridized carbons (Fsp3) is 0.583. The Hall–Kier alpha value is -0.810. The molecule has 0 amide bonds. The lowest BCUT2D eigenvalue weighted by molar-refractivity contribution is -0.141. The lowest BCUT2D eigenvalue weighted by Gasteiger charge is -2.26. The van der Waals surface area contributed by atoms with Gasteiger partial charge in [0.25, 0.3) is 0 Å². The van der Waals surface area contributed by atoms with E-state index in [0.29, 0.717) is 12.1 Å². The molecule has 0 saturated carbocycles. The monoisotopic (exact) mass is 278 g/mol. The van der Waals surface area contributed by atoms with Crippen LogP contribution in [0.4, 0.5) is 13.2 Å². The van der Waals surface area contributed by atoms with Crippen molar-refractivity contribution < 1.29 is 13.2 Å². The number of likely N-dealkylation sites (tertiary alicyclic amines) is 1. The summed E-state index contributed by atoms with van der Waals surface area (Å²) < 4.78 is 37.8. The first kappa shape index (κ1) is 13.6. The lowest BCUT2D eigenvalue weighted by atomic mass is 10.1. The normalized spacial score (nSPS) is 18.0. The van der Waals surface area contributed by atoms with Crippen molar-refractivity contribution in [2.24, 2.45) is 0 Å². The number of alkyl halides is 3. The highest BCUT2D eigenvalue weighted by atomic mass is 35.5. The minimum absolute atomic E-state index is 0.100. The Morgan fingerprint density at radius 3 is 2.44 bits per heavy atom. The number of hydrogen-bond acceptors (Lipinski definition) is 2. The molecule has 2 rings (SSSR count). The van der Waals surface area contributed by atoms with Gasteiger partial charge in [0.2, 0.25) is 0 Å². The number of nitrogens with zero attached hydrogens (tertiary/aromatic N) is 2. The highest BCUT2D eigenvalue weighted by molar-refractivity contribution is 6.29. The van der Waals surface area contributed by atoms with Crippen LogP contribution in [0.1, 0.15) is 30.5 Å². The zero-order valence-corrected chi connectivity index (χ0v) is 10.6. The van der Waals surface area contributed by atoms with E-state index in [0.717, 1.165) is 32.0 Å². The molecule has 0 N–H and O–H groups in total. The summed E-state index contributed by atoms with van der Waals surface area (Å²) in [6.45, 7) is 2.37. The zero-order chi connectivity index (χ0) is 13.2. The summed E-state index contributed by atoms with van der Waals surface area (Å²) >= 11 is 5.64. The molecular weight excluding hydrogens is 265 g/mol. The van der Waals surface area contributed by atoms with E-state index >= 15 is 0 Å². The van der Waals surface area contributed by atoms with E-state index in [4.69, 9.17) is 11.6 Å². The second kappa shape index (κ2) is 5.45. The molecule has 0 unspecified atom stereocenters. The van der Waals surface area contributed by atoms with E-state index in [1.165, 1.54) is 12.5 Å². The Bertz CT molecular complexity index is 414. The minimum Gasteiger partial charge on any atom is -0.299 e. The molecule has 0 spiro atoms. The lowest BCUT2D eigenvalue weighted by Crippen LogP contribution is -2.29. The topological polar surface area (TPSA) is 16.1 Å². The molecule has 2 heterocycles. The standard InChI is InChI=1S/C12H14ClF3N2/c13-11-7-9(6-10(17-11)12(14,15)16)8-18-4-2-1-3-5-18/h6-7H,1-5,8H2. The molecule has 0 aliphatic carbocycles. The van der Waals surface area contributed by atoms with Crippen molar-refractivity contribution >= 4 is 11.6 Å². The quantitative estimate of drug-likeness (QED) is 0.766. The van der Waals surface area contributed by atoms with Crippen molar-refractivity contribution in [3.05, 3.63) is 28.5 Å². The third kappa shape index (κ3) is 3.59. The predicted molar refractivity (Wildman–Crippen MR) is 63.4 cm³/mol. The highest BCUT2D eigenvalue weighted by Crippen LogP contribution is 2.29. The summed E-state index contributed by atoms with van der Waals surface area (Å²) in [6.07, 6.45) is -1.04. The number of pyridine rings is 1. The molecular formula is C12H14ClF3N2. The number of halogens is 4. The van der Waals surface area contributed by atoms with Gasteiger partial charge in [-0.25, -0.2) is 4.98 Å². The van der Waals surface area contributed by atoms with E-state index in [1.807, 2.05) is 0 Å². The second-order valence-electron chi connectivity index (χ2n) is 4.52. The van der Waals surface area contributed by atoms with Crippen molar-refractivity contribution in [3.63, 3.8) is 0 Å². The molecule has 1 aliphatic heterocycles. The Labute approximate surface area is 109 Å². The van der Waals surface area contributed by atoms with Crippen LogP contribution in [0.25, 0.3) is 0 Å². The SMILES string of the molecule is FC(F)(F)c1cc(CN2CCCCC2)cc(Cl)n1. The highest BCUT2D eigenvalue weighted by Gasteiger charge is 2.33. The summed E-state index contributed by atoms with van der Waals surface area (Å²) in [5.74, 6) is 0. The molecule has 1 aromatic rings. The van der Waals surface area contributed by atoms with E-state index in [1.54, 1.807) is 0 Å². The van der Waals surface area contributed by atoms with Gasteiger partial charge >= 0.3 is 6.18 Å². The minimum atomic E-state index is -4.44. The summed E-state index contributed by atoms with van der Waals surface area (Å²) in [4.78, 5) is 5.47. The van der Waals surface area contributed by atoms with Crippen molar-refractivity contribution in [2.75, 3.05) is 13.1 Å². The van der Waals surface area contributed by atoms with Gasteiger partial charge in [0.15, 0.2) is 0 Å². The van der Waals surface area contributed by atoms with Gasteiger partial charge in [-0.2, -0.15) is 13.2 Å². The maximum Gasteiger partial charge on any atom is 0.433 e. The molecule has 1 aromatic heterocycles. The van der Waals surface area contributed by atoms with Crippen molar-refractivity contribution in [3.8, 4) is 0 Å². The first-order valence-corrected chi connectivity index (χ1v) is 6.29. The molecule has 2 nitrogen and oxygen atoms in total. The molecule has 0 radical (unpaired) electrons. The van der Waals surface area contributed by atoms with Crippen LogP contribution in [0.2, 0.25) is 5.15 Å². The van der Waals surface area contributed by atoms with E-state index < -0.39 is 11.9 Å². The first-order valence-electron chi connectivity index (χ1n) is 5.91. The Morgan fingerprint density at radius 2 is 1.83 bits per heavy atom. The van der Waals surface area contributed by atoms with Gasteiger partial charge in [-0.05, 0) is 43.6 Å². The van der Waals surface area contributed by atoms with Crippen LogP contribution in [-0.4, -0.2) is 23.0 Å². The molecule has 1 saturated heterocycles. The summed E-state index contributed by atoms with van der Waals surface area (Å²) in [5, 5.41) is -0.100. The van der Waals surface area contributed by atoms with Crippen molar-refractivity contribution in [2.45, 2.75) is 32.0 Å². The van der Waals surface area contributed by atoms with Crippen LogP contribution in [-0.2, 0) is 12.7 Å². The fourth-order valence-electron chi connectivity index (χ4n) is 2.16. The zero-order valence-electron chi connectivity index (χ0n) is 9.80. The summed E-state index contributed by atoms with van der Waals surface area (Å²) in [5.41, 5.74) is -0.341. The van der Waals surface area contributed by atoms with Crippen LogP contribution >= 0.6 is 11.6 Å². The molecule has 0 aromatic carbocycles. The number of aromatic nitrogens is 1. The number of rotatable bonds is 2. The molecule has 100 valence electrons. The molecule has 0 bridgehead atoms. The van der Waals surface area contributed by atoms with Crippen LogP contribution in [0.15, 0.2) is 12.1 Å². The number of piperidine rings is 1. The molecule has 1 fully saturated rings. The molecule has 1 aliphatic rings. The van der Waals surface area contributed by atoms with Gasteiger partial charge in [0.05, 0.1) is 0 Å². The summed E-state index contributed by atoms with van der Waals surface area (Å²) in [6, 6.07) is 2.59. The number of hydrogen-bond donors (Lipinski definition) is 0. The third-order valence-corrected chi connectivity index (χ3v) is 3.19. The third-order valence-electron chi connectivity index (χ3n) is 3.00. The first-order chi connectivity index (χ1) is 8.45. The smallest absolute Gasteiger partial charge is 0.299 e. The van der Waals surface area contributed by atoms with Gasteiger partial charge < -0.3 is 0 Å². The van der Waals surface area contributed by atoms with Gasteiger partial charge in [-0.3, -0.25) is 4.90 Å². The molecule has 18 heavy (non-hydrogen) atoms. The second-order valence-corrected chi connectivity index (χ2v) is 4.91. The van der Waals surface area contributed by atoms with E-state index in [-0.39, 0.29) is 5.15 Å².